The number of morpholine rings is 1. The van der Waals surface area contributed by atoms with Gasteiger partial charge in [-0.15, -0.1) is 0 Å². The van der Waals surface area contributed by atoms with Crippen molar-refractivity contribution < 1.29 is 14.3 Å². The van der Waals surface area contributed by atoms with Crippen LogP contribution in [0.2, 0.25) is 5.15 Å². The van der Waals surface area contributed by atoms with E-state index in [1.165, 1.54) is 31.1 Å². The summed E-state index contributed by atoms with van der Waals surface area (Å²) in [5, 5.41) is 3.39. The monoisotopic (exact) mass is 461 g/mol. The average Bonchev–Trinajstić information content (AvgIpc) is 3.48. The smallest absolute Gasteiger partial charge is 0.257 e. The first-order chi connectivity index (χ1) is 14.9. The fraction of sp³-hybridized carbons (Fsp3) is 0.524. The number of anilines is 1. The summed E-state index contributed by atoms with van der Waals surface area (Å²) in [4.78, 5) is 38.6. The summed E-state index contributed by atoms with van der Waals surface area (Å²) in [5.41, 5.74) is 2.26. The van der Waals surface area contributed by atoms with E-state index in [4.69, 9.17) is 16.3 Å². The first kappa shape index (κ1) is 20.8. The number of carbonyl (C=O) groups excluding carboxylic acids is 2. The van der Waals surface area contributed by atoms with Crippen LogP contribution in [-0.2, 0) is 9.53 Å². The molecule has 10 heteroatoms. The molecule has 2 fully saturated rings. The number of hydrogen-bond donors (Lipinski definition) is 1. The van der Waals surface area contributed by atoms with E-state index in [1.54, 1.807) is 6.20 Å². The van der Waals surface area contributed by atoms with Crippen LogP contribution in [0.5, 0.6) is 0 Å². The molecule has 1 saturated carbocycles. The molecule has 3 aliphatic rings. The Morgan fingerprint density at radius 2 is 2.10 bits per heavy atom. The molecular formula is C21H24ClN5O3S. The highest BCUT2D eigenvalue weighted by molar-refractivity contribution is 7.19. The summed E-state index contributed by atoms with van der Waals surface area (Å²) in [6, 6.07) is 2.14. The van der Waals surface area contributed by atoms with Crippen LogP contribution in [0.3, 0.4) is 0 Å². The zero-order valence-electron chi connectivity index (χ0n) is 17.4. The normalized spacial score (nSPS) is 22.5. The van der Waals surface area contributed by atoms with Crippen LogP contribution in [0.1, 0.15) is 48.8 Å². The first-order valence-corrected chi connectivity index (χ1v) is 11.7. The third-order valence-electron chi connectivity index (χ3n) is 6.18. The molecule has 0 radical (unpaired) electrons. The van der Waals surface area contributed by atoms with Gasteiger partial charge in [0.25, 0.3) is 5.91 Å². The Morgan fingerprint density at radius 1 is 1.35 bits per heavy atom. The van der Waals surface area contributed by atoms with Gasteiger partial charge >= 0.3 is 0 Å². The molecular weight excluding hydrogens is 438 g/mol. The van der Waals surface area contributed by atoms with Crippen LogP contribution >= 0.6 is 22.9 Å². The molecule has 5 rings (SSSR count). The van der Waals surface area contributed by atoms with Gasteiger partial charge in [0, 0.05) is 37.8 Å². The van der Waals surface area contributed by atoms with Gasteiger partial charge in [0.15, 0.2) is 10.3 Å². The van der Waals surface area contributed by atoms with E-state index in [0.29, 0.717) is 40.4 Å². The predicted octanol–water partition coefficient (Wildman–Crippen LogP) is 3.40. The van der Waals surface area contributed by atoms with Gasteiger partial charge in [-0.2, -0.15) is 0 Å². The molecule has 0 aromatic carbocycles. The Hall–Kier alpha value is -2.07. The van der Waals surface area contributed by atoms with E-state index in [-0.39, 0.29) is 29.2 Å². The van der Waals surface area contributed by atoms with Crippen molar-refractivity contribution in [1.29, 1.82) is 0 Å². The van der Waals surface area contributed by atoms with Crippen LogP contribution in [0.4, 0.5) is 5.13 Å². The Bertz CT molecular complexity index is 1030. The number of halogens is 1. The molecule has 31 heavy (non-hydrogen) atoms. The number of rotatable bonds is 5. The summed E-state index contributed by atoms with van der Waals surface area (Å²) >= 11 is 7.64. The second-order valence-electron chi connectivity index (χ2n) is 8.29. The predicted molar refractivity (Wildman–Crippen MR) is 118 cm³/mol. The molecule has 2 unspecified atom stereocenters. The van der Waals surface area contributed by atoms with Gasteiger partial charge in [0.05, 0.1) is 29.3 Å². The number of fused-ring (bicyclic) bond motifs is 1. The Labute approximate surface area is 189 Å². The van der Waals surface area contributed by atoms with Crippen molar-refractivity contribution in [2.75, 3.05) is 31.6 Å². The number of aromatic nitrogens is 2. The highest BCUT2D eigenvalue weighted by Gasteiger charge is 2.46. The Morgan fingerprint density at radius 3 is 2.77 bits per heavy atom. The summed E-state index contributed by atoms with van der Waals surface area (Å²) in [7, 11) is 0. The van der Waals surface area contributed by atoms with E-state index in [1.807, 2.05) is 11.0 Å². The van der Waals surface area contributed by atoms with Gasteiger partial charge in [-0.1, -0.05) is 22.9 Å². The van der Waals surface area contributed by atoms with Gasteiger partial charge in [0.2, 0.25) is 5.91 Å². The number of amides is 2. The van der Waals surface area contributed by atoms with Crippen molar-refractivity contribution in [1.82, 2.24) is 19.8 Å². The second-order valence-corrected chi connectivity index (χ2v) is 9.65. The number of hydrogen-bond acceptors (Lipinski definition) is 7. The standard InChI is InChI=1S/C21H24ClN5O3S/c1-11(13-3-4-13)27-19(26-5-7-30-8-6-26)14-9-16(23-10-15(14)20(27)29)17-18(22)25-21(31-17)24-12(2)28/h9-11,13,19H,3-8H2,1-2H3,(H,24,25,28). The van der Waals surface area contributed by atoms with Crippen molar-refractivity contribution in [3.05, 3.63) is 28.5 Å². The second kappa shape index (κ2) is 8.12. The molecule has 4 heterocycles. The maximum atomic E-state index is 13.4. The van der Waals surface area contributed by atoms with Crippen molar-refractivity contribution in [3.8, 4) is 10.6 Å². The summed E-state index contributed by atoms with van der Waals surface area (Å²) < 4.78 is 5.56. The SMILES string of the molecule is CC(=O)Nc1nc(Cl)c(-c2cc3c(cn2)C(=O)N(C(C)C2CC2)C3N2CCOCC2)s1. The highest BCUT2D eigenvalue weighted by atomic mass is 35.5. The molecule has 1 aliphatic carbocycles. The van der Waals surface area contributed by atoms with Gasteiger partial charge in [-0.3, -0.25) is 19.5 Å². The fourth-order valence-electron chi connectivity index (χ4n) is 4.46. The zero-order chi connectivity index (χ0) is 21.7. The van der Waals surface area contributed by atoms with E-state index in [0.717, 1.165) is 18.7 Å². The van der Waals surface area contributed by atoms with Crippen LogP contribution < -0.4 is 5.32 Å². The van der Waals surface area contributed by atoms with Crippen molar-refractivity contribution in [2.45, 2.75) is 38.9 Å². The van der Waals surface area contributed by atoms with Crippen molar-refractivity contribution in [2.24, 2.45) is 5.92 Å². The fourth-order valence-corrected chi connectivity index (χ4v) is 5.68. The molecule has 2 aliphatic heterocycles. The third-order valence-corrected chi connectivity index (χ3v) is 7.56. The number of nitrogens with one attached hydrogen (secondary N) is 1. The molecule has 2 amide bonds. The van der Waals surface area contributed by atoms with Crippen molar-refractivity contribution >= 4 is 39.9 Å². The maximum absolute atomic E-state index is 13.4. The molecule has 2 aromatic heterocycles. The minimum atomic E-state index is -0.207. The van der Waals surface area contributed by atoms with Gasteiger partial charge in [-0.05, 0) is 31.7 Å². The number of nitrogens with zero attached hydrogens (tertiary/aromatic N) is 4. The molecule has 0 bridgehead atoms. The molecule has 164 valence electrons. The molecule has 1 N–H and O–H groups in total. The Kier molecular flexibility index (Phi) is 5.45. The maximum Gasteiger partial charge on any atom is 0.257 e. The van der Waals surface area contributed by atoms with Crippen LogP contribution in [0.25, 0.3) is 10.6 Å². The zero-order valence-corrected chi connectivity index (χ0v) is 19.0. The van der Waals surface area contributed by atoms with Crippen LogP contribution in [0.15, 0.2) is 12.3 Å². The lowest BCUT2D eigenvalue weighted by atomic mass is 10.1. The van der Waals surface area contributed by atoms with E-state index >= 15 is 0 Å². The quantitative estimate of drug-likeness (QED) is 0.734. The average molecular weight is 462 g/mol. The Balaban J connectivity index is 1.55. The lowest BCUT2D eigenvalue weighted by Crippen LogP contribution is -2.48. The molecule has 8 nitrogen and oxygen atoms in total. The summed E-state index contributed by atoms with van der Waals surface area (Å²) in [6.45, 7) is 6.45. The van der Waals surface area contributed by atoms with E-state index in [2.05, 4.69) is 27.1 Å². The summed E-state index contributed by atoms with van der Waals surface area (Å²) in [6.07, 6.45) is 3.87. The van der Waals surface area contributed by atoms with E-state index in [9.17, 15) is 9.59 Å². The van der Waals surface area contributed by atoms with Gasteiger partial charge in [-0.25, -0.2) is 4.98 Å². The van der Waals surface area contributed by atoms with Gasteiger partial charge < -0.3 is 15.0 Å². The largest absolute Gasteiger partial charge is 0.379 e. The minimum absolute atomic E-state index is 0.0410. The summed E-state index contributed by atoms with van der Waals surface area (Å²) in [5.74, 6) is 0.395. The lowest BCUT2D eigenvalue weighted by molar-refractivity contribution is -0.114. The molecule has 1 saturated heterocycles. The van der Waals surface area contributed by atoms with Crippen LogP contribution in [0, 0.1) is 5.92 Å². The number of pyridine rings is 1. The number of ether oxygens (including phenoxy) is 1. The highest BCUT2D eigenvalue weighted by Crippen LogP contribution is 2.45. The molecule has 2 atom stereocenters. The number of carbonyl (C=O) groups is 2. The minimum Gasteiger partial charge on any atom is -0.379 e. The van der Waals surface area contributed by atoms with Gasteiger partial charge in [0.1, 0.15) is 6.17 Å². The van der Waals surface area contributed by atoms with Crippen LogP contribution in [-0.4, -0.2) is 63.9 Å². The first-order valence-electron chi connectivity index (χ1n) is 10.5. The number of thiazole rings is 1. The third kappa shape index (κ3) is 3.84. The lowest BCUT2D eigenvalue weighted by Gasteiger charge is -2.40. The van der Waals surface area contributed by atoms with Crippen molar-refractivity contribution in [3.63, 3.8) is 0 Å². The van der Waals surface area contributed by atoms with E-state index < -0.39 is 0 Å². The topological polar surface area (TPSA) is 87.7 Å². The molecule has 2 aromatic rings. The molecule has 0 spiro atoms.